The van der Waals surface area contributed by atoms with Crippen LogP contribution in [0.4, 0.5) is 13.2 Å². The summed E-state index contributed by atoms with van der Waals surface area (Å²) < 4.78 is 39.2. The van der Waals surface area contributed by atoms with Crippen LogP contribution in [0.15, 0.2) is 36.5 Å². The number of H-pyrrole nitrogens is 2. The maximum Gasteiger partial charge on any atom is 0.471 e. The van der Waals surface area contributed by atoms with E-state index in [0.717, 1.165) is 11.1 Å². The standard InChI is InChI=1S/C21H16F3N5O/c1-10-7-11(2)17-13(5-6-26-17)16(10)18(29-20(30)21(22,23)24)19-27-14-4-3-12(9-25)8-15(14)28-19/h3-8,18,26H,1-2H3,(H,27,28)(H,29,30). The SMILES string of the molecule is Cc1cc(C)c2[nH]ccc2c1C(NC(=O)C(F)(F)F)c1nc2ccc(C#N)cc2[nH]1. The Balaban J connectivity index is 1.94. The molecule has 0 fully saturated rings. The first kappa shape index (κ1) is 19.5. The number of amides is 1. The van der Waals surface area contributed by atoms with Gasteiger partial charge in [0.05, 0.1) is 22.7 Å². The number of hydrogen-bond acceptors (Lipinski definition) is 3. The summed E-state index contributed by atoms with van der Waals surface area (Å²) in [6.45, 7) is 3.67. The quantitative estimate of drug-likeness (QED) is 0.469. The Hall–Kier alpha value is -3.80. The van der Waals surface area contributed by atoms with Crippen LogP contribution in [0.3, 0.4) is 0 Å². The first-order valence-electron chi connectivity index (χ1n) is 9.03. The Labute approximate surface area is 168 Å². The van der Waals surface area contributed by atoms with Gasteiger partial charge in [-0.25, -0.2) is 4.98 Å². The largest absolute Gasteiger partial charge is 0.471 e. The van der Waals surface area contributed by atoms with Crippen LogP contribution in [-0.2, 0) is 4.79 Å². The van der Waals surface area contributed by atoms with Crippen molar-refractivity contribution in [1.82, 2.24) is 20.3 Å². The van der Waals surface area contributed by atoms with Gasteiger partial charge in [0.25, 0.3) is 0 Å². The van der Waals surface area contributed by atoms with Crippen molar-refractivity contribution < 1.29 is 18.0 Å². The molecule has 0 aliphatic heterocycles. The lowest BCUT2D eigenvalue weighted by Gasteiger charge is -2.21. The fourth-order valence-corrected chi connectivity index (χ4v) is 3.72. The number of imidazole rings is 1. The highest BCUT2D eigenvalue weighted by atomic mass is 19.4. The van der Waals surface area contributed by atoms with E-state index in [9.17, 15) is 18.0 Å². The van der Waals surface area contributed by atoms with E-state index in [1.165, 1.54) is 0 Å². The molecule has 1 amide bonds. The number of aromatic amines is 2. The summed E-state index contributed by atoms with van der Waals surface area (Å²) in [6.07, 6.45) is -3.35. The maximum atomic E-state index is 13.1. The summed E-state index contributed by atoms with van der Waals surface area (Å²) in [7, 11) is 0. The number of halogens is 3. The molecule has 152 valence electrons. The lowest BCUT2D eigenvalue weighted by atomic mass is 9.94. The van der Waals surface area contributed by atoms with Crippen LogP contribution in [0.25, 0.3) is 21.9 Å². The van der Waals surface area contributed by atoms with Gasteiger partial charge in [-0.15, -0.1) is 0 Å². The van der Waals surface area contributed by atoms with Gasteiger partial charge in [-0.05, 0) is 54.8 Å². The number of carbonyl (C=O) groups excluding carboxylic acids is 1. The lowest BCUT2D eigenvalue weighted by molar-refractivity contribution is -0.174. The van der Waals surface area contributed by atoms with Gasteiger partial charge < -0.3 is 15.3 Å². The zero-order chi connectivity index (χ0) is 21.6. The van der Waals surface area contributed by atoms with Crippen LogP contribution in [-0.4, -0.2) is 27.0 Å². The highest BCUT2D eigenvalue weighted by Gasteiger charge is 2.41. The minimum Gasteiger partial charge on any atom is -0.361 e. The summed E-state index contributed by atoms with van der Waals surface area (Å²) >= 11 is 0. The number of alkyl halides is 3. The molecule has 4 aromatic rings. The van der Waals surface area contributed by atoms with E-state index in [0.29, 0.717) is 33.1 Å². The Morgan fingerprint density at radius 2 is 1.97 bits per heavy atom. The molecule has 0 aliphatic rings. The molecule has 0 saturated heterocycles. The van der Waals surface area contributed by atoms with E-state index in [2.05, 4.69) is 20.3 Å². The molecule has 0 aliphatic carbocycles. The van der Waals surface area contributed by atoms with Crippen molar-refractivity contribution >= 4 is 27.8 Å². The van der Waals surface area contributed by atoms with Crippen LogP contribution in [0, 0.1) is 25.2 Å². The third-order valence-electron chi connectivity index (χ3n) is 5.01. The topological polar surface area (TPSA) is 97.4 Å². The van der Waals surface area contributed by atoms with Gasteiger partial charge in [-0.3, -0.25) is 4.79 Å². The number of nitrogens with zero attached hydrogens (tertiary/aromatic N) is 2. The normalized spacial score (nSPS) is 12.8. The monoisotopic (exact) mass is 411 g/mol. The van der Waals surface area contributed by atoms with E-state index >= 15 is 0 Å². The molecule has 1 atom stereocenters. The number of nitriles is 1. The van der Waals surface area contributed by atoms with Crippen molar-refractivity contribution in [3.05, 3.63) is 64.6 Å². The van der Waals surface area contributed by atoms with Crippen LogP contribution in [0.2, 0.25) is 0 Å². The highest BCUT2D eigenvalue weighted by molar-refractivity contribution is 5.89. The van der Waals surface area contributed by atoms with Gasteiger partial charge in [0.15, 0.2) is 0 Å². The van der Waals surface area contributed by atoms with Gasteiger partial charge in [-0.2, -0.15) is 18.4 Å². The van der Waals surface area contributed by atoms with E-state index in [4.69, 9.17) is 5.26 Å². The van der Waals surface area contributed by atoms with Gasteiger partial charge in [0.1, 0.15) is 11.9 Å². The summed E-state index contributed by atoms with van der Waals surface area (Å²) in [5.74, 6) is -1.92. The lowest BCUT2D eigenvalue weighted by Crippen LogP contribution is -2.40. The number of aryl methyl sites for hydroxylation is 2. The number of aromatic nitrogens is 3. The molecule has 2 heterocycles. The van der Waals surface area contributed by atoms with Crippen molar-refractivity contribution in [2.45, 2.75) is 26.1 Å². The zero-order valence-electron chi connectivity index (χ0n) is 16.0. The second kappa shape index (κ2) is 6.91. The molecule has 3 N–H and O–H groups in total. The van der Waals surface area contributed by atoms with Crippen molar-refractivity contribution in [2.24, 2.45) is 0 Å². The molecular weight excluding hydrogens is 395 g/mol. The molecule has 2 aromatic carbocycles. The van der Waals surface area contributed by atoms with Crippen molar-refractivity contribution in [2.75, 3.05) is 0 Å². The van der Waals surface area contributed by atoms with Gasteiger partial charge in [0.2, 0.25) is 0 Å². The summed E-state index contributed by atoms with van der Waals surface area (Å²) in [4.78, 5) is 22.3. The number of rotatable bonds is 3. The van der Waals surface area contributed by atoms with Crippen molar-refractivity contribution in [1.29, 1.82) is 5.26 Å². The molecular formula is C21H16F3N5O. The first-order chi connectivity index (χ1) is 14.2. The van der Waals surface area contributed by atoms with E-state index < -0.39 is 18.1 Å². The Morgan fingerprint density at radius 3 is 2.67 bits per heavy atom. The zero-order valence-corrected chi connectivity index (χ0v) is 16.0. The number of benzene rings is 2. The summed E-state index contributed by atoms with van der Waals surface area (Å²) in [5.41, 5.74) is 4.27. The molecule has 9 heteroatoms. The smallest absolute Gasteiger partial charge is 0.361 e. The predicted molar refractivity (Wildman–Crippen MR) is 105 cm³/mol. The average molecular weight is 411 g/mol. The highest BCUT2D eigenvalue weighted by Crippen LogP contribution is 2.34. The minimum absolute atomic E-state index is 0.146. The van der Waals surface area contributed by atoms with E-state index in [-0.39, 0.29) is 5.82 Å². The number of fused-ring (bicyclic) bond motifs is 2. The summed E-state index contributed by atoms with van der Waals surface area (Å²) in [6, 6.07) is 9.17. The second-order valence-corrected chi connectivity index (χ2v) is 7.06. The van der Waals surface area contributed by atoms with Crippen molar-refractivity contribution in [3.63, 3.8) is 0 Å². The van der Waals surface area contributed by atoms with E-state index in [1.54, 1.807) is 37.4 Å². The molecule has 4 rings (SSSR count). The van der Waals surface area contributed by atoms with E-state index in [1.807, 2.05) is 19.1 Å². The Morgan fingerprint density at radius 1 is 1.20 bits per heavy atom. The van der Waals surface area contributed by atoms with Crippen LogP contribution < -0.4 is 5.32 Å². The third-order valence-corrected chi connectivity index (χ3v) is 5.01. The van der Waals surface area contributed by atoms with Gasteiger partial charge in [0, 0.05) is 17.1 Å². The molecule has 30 heavy (non-hydrogen) atoms. The Kier molecular flexibility index (Phi) is 4.50. The molecule has 0 bridgehead atoms. The number of carbonyl (C=O) groups is 1. The molecule has 6 nitrogen and oxygen atoms in total. The molecule has 0 spiro atoms. The maximum absolute atomic E-state index is 13.1. The summed E-state index contributed by atoms with van der Waals surface area (Å²) in [5, 5.41) is 11.9. The number of hydrogen-bond donors (Lipinski definition) is 3. The number of nitrogens with one attached hydrogen (secondary N) is 3. The molecule has 2 aromatic heterocycles. The van der Waals surface area contributed by atoms with Crippen LogP contribution in [0.1, 0.15) is 34.1 Å². The van der Waals surface area contributed by atoms with Gasteiger partial charge >= 0.3 is 12.1 Å². The fourth-order valence-electron chi connectivity index (χ4n) is 3.72. The molecule has 0 saturated carbocycles. The molecule has 0 radical (unpaired) electrons. The van der Waals surface area contributed by atoms with Crippen LogP contribution >= 0.6 is 0 Å². The Bertz CT molecular complexity index is 1330. The minimum atomic E-state index is -5.05. The fraction of sp³-hybridized carbons (Fsp3) is 0.190. The molecule has 1 unspecified atom stereocenters. The van der Waals surface area contributed by atoms with Gasteiger partial charge in [-0.1, -0.05) is 6.07 Å². The van der Waals surface area contributed by atoms with Crippen molar-refractivity contribution in [3.8, 4) is 6.07 Å². The third kappa shape index (κ3) is 3.26. The second-order valence-electron chi connectivity index (χ2n) is 7.06. The first-order valence-corrected chi connectivity index (χ1v) is 9.03. The van der Waals surface area contributed by atoms with Crippen LogP contribution in [0.5, 0.6) is 0 Å². The predicted octanol–water partition coefficient (Wildman–Crippen LogP) is 4.30. The average Bonchev–Trinajstić information content (AvgIpc) is 3.32.